The number of aryl methyl sites for hydroxylation is 1. The minimum Gasteiger partial charge on any atom is -0.349 e. The monoisotopic (exact) mass is 321 g/mol. The maximum Gasteiger partial charge on any atom is 0.0888 e. The molecule has 0 atom stereocenters. The zero-order chi connectivity index (χ0) is 16.3. The third kappa shape index (κ3) is 2.18. The highest BCUT2D eigenvalue weighted by Gasteiger charge is 2.34. The Bertz CT molecular complexity index is 896. The van der Waals surface area contributed by atoms with Gasteiger partial charge in [-0.2, -0.15) is 5.10 Å². The molecule has 2 aliphatic carbocycles. The minimum atomic E-state index is 0.519. The molecule has 3 heterocycles. The van der Waals surface area contributed by atoms with Gasteiger partial charge >= 0.3 is 0 Å². The molecule has 3 aromatic rings. The molecule has 2 saturated carbocycles. The Morgan fingerprint density at radius 2 is 2.04 bits per heavy atom. The van der Waals surface area contributed by atoms with E-state index in [1.54, 1.807) is 0 Å². The van der Waals surface area contributed by atoms with E-state index in [0.717, 1.165) is 30.6 Å². The number of rotatable bonds is 4. The fourth-order valence-electron chi connectivity index (χ4n) is 3.86. The van der Waals surface area contributed by atoms with Crippen molar-refractivity contribution in [3.63, 3.8) is 0 Å². The maximum absolute atomic E-state index is 5.77. The van der Waals surface area contributed by atoms with Crippen LogP contribution in [0.3, 0.4) is 0 Å². The van der Waals surface area contributed by atoms with Gasteiger partial charge in [-0.1, -0.05) is 0 Å². The molecule has 5 heteroatoms. The molecule has 2 aliphatic rings. The predicted molar refractivity (Wildman–Crippen MR) is 94.7 cm³/mol. The highest BCUT2D eigenvalue weighted by Crippen LogP contribution is 2.45. The lowest BCUT2D eigenvalue weighted by Crippen LogP contribution is -2.32. The lowest BCUT2D eigenvalue weighted by molar-refractivity contribution is 0.189. The summed E-state index contributed by atoms with van der Waals surface area (Å²) in [5.74, 6) is 1.30. The molecule has 24 heavy (non-hydrogen) atoms. The second-order valence-corrected chi connectivity index (χ2v) is 7.44. The van der Waals surface area contributed by atoms with Crippen LogP contribution in [-0.4, -0.2) is 25.9 Å². The third-order valence-electron chi connectivity index (χ3n) is 5.66. The molecule has 0 bridgehead atoms. The summed E-state index contributed by atoms with van der Waals surface area (Å²) in [5.41, 5.74) is 11.5. The smallest absolute Gasteiger partial charge is 0.0888 e. The van der Waals surface area contributed by atoms with Crippen LogP contribution in [0.5, 0.6) is 0 Å². The summed E-state index contributed by atoms with van der Waals surface area (Å²) in [4.78, 5) is 4.89. The van der Waals surface area contributed by atoms with Crippen molar-refractivity contribution in [2.24, 2.45) is 18.7 Å². The van der Waals surface area contributed by atoms with Crippen molar-refractivity contribution in [2.75, 3.05) is 6.54 Å². The van der Waals surface area contributed by atoms with Crippen molar-refractivity contribution in [1.29, 1.82) is 0 Å². The van der Waals surface area contributed by atoms with Gasteiger partial charge in [-0.05, 0) is 56.3 Å². The van der Waals surface area contributed by atoms with E-state index in [2.05, 4.69) is 46.9 Å². The number of nitrogens with zero attached hydrogens (tertiary/aromatic N) is 4. The van der Waals surface area contributed by atoms with Crippen LogP contribution in [0.2, 0.25) is 0 Å². The first-order valence-corrected chi connectivity index (χ1v) is 8.94. The van der Waals surface area contributed by atoms with Crippen molar-refractivity contribution >= 4 is 11.0 Å². The van der Waals surface area contributed by atoms with Crippen LogP contribution in [-0.2, 0) is 7.05 Å². The zero-order valence-corrected chi connectivity index (χ0v) is 14.0. The van der Waals surface area contributed by atoms with Crippen LogP contribution in [0.25, 0.3) is 22.3 Å². The quantitative estimate of drug-likeness (QED) is 0.802. The van der Waals surface area contributed by atoms with Crippen LogP contribution in [0.1, 0.15) is 43.3 Å². The van der Waals surface area contributed by atoms with Gasteiger partial charge in [0.05, 0.1) is 28.5 Å². The lowest BCUT2D eigenvalue weighted by atomic mass is 9.80. The van der Waals surface area contributed by atoms with E-state index < -0.39 is 0 Å². The van der Waals surface area contributed by atoms with E-state index in [1.807, 2.05) is 0 Å². The summed E-state index contributed by atoms with van der Waals surface area (Å²) < 4.78 is 4.30. The van der Waals surface area contributed by atoms with E-state index in [9.17, 15) is 0 Å². The van der Waals surface area contributed by atoms with Crippen LogP contribution in [0, 0.1) is 5.92 Å². The normalized spacial score (nSPS) is 23.6. The summed E-state index contributed by atoms with van der Waals surface area (Å²) in [5, 5.41) is 4.96. The van der Waals surface area contributed by atoms with Crippen molar-refractivity contribution < 1.29 is 0 Å². The Morgan fingerprint density at radius 3 is 2.79 bits per heavy atom. The van der Waals surface area contributed by atoms with Gasteiger partial charge in [0, 0.05) is 30.9 Å². The Morgan fingerprint density at radius 1 is 1.21 bits per heavy atom. The molecule has 5 rings (SSSR count). The SMILES string of the molecule is Cn1ccc2nc(-c3cn(C4CC(CN)C4)nc3C3CC3)ccc21. The molecule has 0 spiro atoms. The molecule has 2 fully saturated rings. The Hall–Kier alpha value is -2.14. The number of pyridine rings is 1. The molecule has 0 saturated heterocycles. The van der Waals surface area contributed by atoms with Crippen LogP contribution >= 0.6 is 0 Å². The van der Waals surface area contributed by atoms with Crippen LogP contribution in [0.15, 0.2) is 30.6 Å². The summed E-state index contributed by atoms with van der Waals surface area (Å²) in [6.45, 7) is 0.798. The van der Waals surface area contributed by atoms with Gasteiger partial charge in [0.15, 0.2) is 0 Å². The van der Waals surface area contributed by atoms with E-state index in [4.69, 9.17) is 15.8 Å². The fraction of sp³-hybridized carbons (Fsp3) is 0.474. The van der Waals surface area contributed by atoms with Gasteiger partial charge in [-0.15, -0.1) is 0 Å². The van der Waals surface area contributed by atoms with Crippen LogP contribution < -0.4 is 5.73 Å². The zero-order valence-electron chi connectivity index (χ0n) is 14.0. The first-order valence-electron chi connectivity index (χ1n) is 8.94. The molecule has 0 amide bonds. The van der Waals surface area contributed by atoms with E-state index in [1.165, 1.54) is 29.6 Å². The summed E-state index contributed by atoms with van der Waals surface area (Å²) in [6, 6.07) is 6.90. The Kier molecular flexibility index (Phi) is 3.07. The highest BCUT2D eigenvalue weighted by atomic mass is 15.3. The van der Waals surface area contributed by atoms with Gasteiger partial charge in [0.25, 0.3) is 0 Å². The maximum atomic E-state index is 5.77. The lowest BCUT2D eigenvalue weighted by Gasteiger charge is -2.34. The summed E-state index contributed by atoms with van der Waals surface area (Å²) >= 11 is 0. The van der Waals surface area contributed by atoms with Gasteiger partial charge in [-0.3, -0.25) is 4.68 Å². The first-order chi connectivity index (χ1) is 11.7. The van der Waals surface area contributed by atoms with E-state index >= 15 is 0 Å². The van der Waals surface area contributed by atoms with Crippen molar-refractivity contribution in [1.82, 2.24) is 19.3 Å². The number of aromatic nitrogens is 4. The largest absolute Gasteiger partial charge is 0.349 e. The molecular weight excluding hydrogens is 298 g/mol. The van der Waals surface area contributed by atoms with Gasteiger partial charge < -0.3 is 10.3 Å². The molecular formula is C19H23N5. The number of hydrogen-bond donors (Lipinski definition) is 1. The molecule has 2 N–H and O–H groups in total. The van der Waals surface area contributed by atoms with E-state index in [0.29, 0.717) is 17.9 Å². The molecule has 0 aromatic carbocycles. The number of hydrogen-bond acceptors (Lipinski definition) is 3. The third-order valence-corrected chi connectivity index (χ3v) is 5.66. The first kappa shape index (κ1) is 14.2. The molecule has 3 aromatic heterocycles. The summed E-state index contributed by atoms with van der Waals surface area (Å²) in [7, 11) is 2.06. The minimum absolute atomic E-state index is 0.519. The second kappa shape index (κ2) is 5.18. The Balaban J connectivity index is 1.54. The fourth-order valence-corrected chi connectivity index (χ4v) is 3.86. The average Bonchev–Trinajstić information content (AvgIpc) is 3.21. The van der Waals surface area contributed by atoms with Crippen LogP contribution in [0.4, 0.5) is 0 Å². The molecule has 124 valence electrons. The van der Waals surface area contributed by atoms with Gasteiger partial charge in [0.1, 0.15) is 0 Å². The van der Waals surface area contributed by atoms with Gasteiger partial charge in [-0.25, -0.2) is 4.98 Å². The number of nitrogens with two attached hydrogens (primary N) is 1. The van der Waals surface area contributed by atoms with Crippen molar-refractivity contribution in [2.45, 2.75) is 37.6 Å². The topological polar surface area (TPSA) is 61.7 Å². The molecule has 0 aliphatic heterocycles. The molecule has 5 nitrogen and oxygen atoms in total. The summed E-state index contributed by atoms with van der Waals surface area (Å²) in [6.07, 6.45) is 9.12. The van der Waals surface area contributed by atoms with Crippen molar-refractivity contribution in [3.8, 4) is 11.3 Å². The van der Waals surface area contributed by atoms with Crippen molar-refractivity contribution in [3.05, 3.63) is 36.3 Å². The van der Waals surface area contributed by atoms with E-state index in [-0.39, 0.29) is 0 Å². The molecule has 0 radical (unpaired) electrons. The van der Waals surface area contributed by atoms with Gasteiger partial charge in [0.2, 0.25) is 0 Å². The molecule has 0 unspecified atom stereocenters. The second-order valence-electron chi connectivity index (χ2n) is 7.44. The predicted octanol–water partition coefficient (Wildman–Crippen LogP) is 3.22. The number of fused-ring (bicyclic) bond motifs is 1. The Labute approximate surface area is 141 Å². The highest BCUT2D eigenvalue weighted by molar-refractivity contribution is 5.79. The average molecular weight is 321 g/mol. The standard InChI is InChI=1S/C19H23N5/c1-23-7-6-17-18(23)5-4-16(21-17)15-11-24(14-8-12(9-14)10-20)22-19(15)13-2-3-13/h4-7,11-14H,2-3,8-10,20H2,1H3.